The lowest BCUT2D eigenvalue weighted by molar-refractivity contribution is 0.0978. The maximum Gasteiger partial charge on any atom is 0.258 e. The normalized spacial score (nSPS) is 15.4. The van der Waals surface area contributed by atoms with Crippen molar-refractivity contribution in [1.29, 1.82) is 0 Å². The van der Waals surface area contributed by atoms with Crippen molar-refractivity contribution >= 4 is 11.6 Å². The van der Waals surface area contributed by atoms with Gasteiger partial charge in [-0.15, -0.1) is 0 Å². The van der Waals surface area contributed by atoms with E-state index in [2.05, 4.69) is 13.0 Å². The van der Waals surface area contributed by atoms with Gasteiger partial charge in [-0.05, 0) is 42.2 Å². The zero-order valence-electron chi connectivity index (χ0n) is 15.5. The summed E-state index contributed by atoms with van der Waals surface area (Å²) in [4.78, 5) is 15.2. The summed E-state index contributed by atoms with van der Waals surface area (Å²) in [5, 5.41) is 0. The summed E-state index contributed by atoms with van der Waals surface area (Å²) >= 11 is 0. The van der Waals surface area contributed by atoms with Crippen LogP contribution in [0.25, 0.3) is 0 Å². The maximum atomic E-state index is 13.3. The Morgan fingerprint density at radius 2 is 1.67 bits per heavy atom. The standard InChI is InChI=1S/C24H23NO2/c1-2-21-16-20-14-9-15-22(27-17-18-10-5-3-6-11-18)23(20)25(21)24(26)19-12-7-4-8-13-19/h3-15,21H,2,16-17H2,1H3. The number of carbonyl (C=O) groups excluding carboxylic acids is 1. The molecule has 3 aromatic carbocycles. The van der Waals surface area contributed by atoms with E-state index in [-0.39, 0.29) is 11.9 Å². The number of para-hydroxylation sites is 1. The van der Waals surface area contributed by atoms with Crippen molar-refractivity contribution in [1.82, 2.24) is 0 Å². The van der Waals surface area contributed by atoms with Gasteiger partial charge in [0.05, 0.1) is 5.69 Å². The van der Waals surface area contributed by atoms with Gasteiger partial charge in [-0.25, -0.2) is 0 Å². The van der Waals surface area contributed by atoms with E-state index in [9.17, 15) is 4.79 Å². The maximum absolute atomic E-state index is 13.3. The van der Waals surface area contributed by atoms with Crippen LogP contribution in [0.3, 0.4) is 0 Å². The Morgan fingerprint density at radius 3 is 2.37 bits per heavy atom. The number of ether oxygens (including phenoxy) is 1. The molecule has 0 fully saturated rings. The number of nitrogens with zero attached hydrogens (tertiary/aromatic N) is 1. The topological polar surface area (TPSA) is 29.5 Å². The molecule has 27 heavy (non-hydrogen) atoms. The quantitative estimate of drug-likeness (QED) is 0.624. The Morgan fingerprint density at radius 1 is 0.963 bits per heavy atom. The zero-order valence-corrected chi connectivity index (χ0v) is 15.5. The molecule has 0 spiro atoms. The summed E-state index contributed by atoms with van der Waals surface area (Å²) in [5.41, 5.74) is 3.92. The van der Waals surface area contributed by atoms with Gasteiger partial charge >= 0.3 is 0 Å². The van der Waals surface area contributed by atoms with Crippen LogP contribution in [-0.4, -0.2) is 11.9 Å². The van der Waals surface area contributed by atoms with Gasteiger partial charge in [0.25, 0.3) is 5.91 Å². The summed E-state index contributed by atoms with van der Waals surface area (Å²) in [7, 11) is 0. The van der Waals surface area contributed by atoms with E-state index in [1.807, 2.05) is 77.7 Å². The molecule has 1 unspecified atom stereocenters. The Kier molecular flexibility index (Phi) is 4.93. The first-order chi connectivity index (χ1) is 13.3. The second-order valence-corrected chi connectivity index (χ2v) is 6.85. The van der Waals surface area contributed by atoms with Crippen LogP contribution >= 0.6 is 0 Å². The first-order valence-corrected chi connectivity index (χ1v) is 9.45. The molecule has 1 aliphatic heterocycles. The molecule has 0 radical (unpaired) electrons. The fourth-order valence-electron chi connectivity index (χ4n) is 3.70. The van der Waals surface area contributed by atoms with Crippen LogP contribution in [0.5, 0.6) is 5.75 Å². The highest BCUT2D eigenvalue weighted by Crippen LogP contribution is 2.42. The minimum atomic E-state index is 0.0389. The predicted octanol–water partition coefficient (Wildman–Crippen LogP) is 5.25. The van der Waals surface area contributed by atoms with E-state index in [0.717, 1.165) is 29.8 Å². The number of anilines is 1. The Bertz CT molecular complexity index is 922. The van der Waals surface area contributed by atoms with Crippen LogP contribution in [0.4, 0.5) is 5.69 Å². The van der Waals surface area contributed by atoms with Crippen LogP contribution in [0.15, 0.2) is 78.9 Å². The summed E-state index contributed by atoms with van der Waals surface area (Å²) < 4.78 is 6.15. The molecule has 1 atom stereocenters. The van der Waals surface area contributed by atoms with Gasteiger partial charge in [0.2, 0.25) is 0 Å². The molecule has 3 heteroatoms. The number of hydrogen-bond acceptors (Lipinski definition) is 2. The van der Waals surface area contributed by atoms with Crippen molar-refractivity contribution in [2.75, 3.05) is 4.90 Å². The molecule has 0 aliphatic carbocycles. The second-order valence-electron chi connectivity index (χ2n) is 6.85. The van der Waals surface area contributed by atoms with Crippen LogP contribution in [0.2, 0.25) is 0 Å². The molecule has 0 saturated heterocycles. The Hall–Kier alpha value is -3.07. The molecule has 0 aromatic heterocycles. The molecule has 0 N–H and O–H groups in total. The molecule has 0 bridgehead atoms. The van der Waals surface area contributed by atoms with Crippen LogP contribution < -0.4 is 9.64 Å². The van der Waals surface area contributed by atoms with Gasteiger partial charge in [0.1, 0.15) is 12.4 Å². The van der Waals surface area contributed by atoms with Crippen molar-refractivity contribution in [2.45, 2.75) is 32.4 Å². The van der Waals surface area contributed by atoms with Crippen molar-refractivity contribution in [3.8, 4) is 5.75 Å². The lowest BCUT2D eigenvalue weighted by Crippen LogP contribution is -2.37. The van der Waals surface area contributed by atoms with Gasteiger partial charge in [0, 0.05) is 11.6 Å². The number of hydrogen-bond donors (Lipinski definition) is 0. The fourth-order valence-corrected chi connectivity index (χ4v) is 3.70. The summed E-state index contributed by atoms with van der Waals surface area (Å²) in [6.07, 6.45) is 1.78. The van der Waals surface area contributed by atoms with E-state index in [4.69, 9.17) is 4.74 Å². The first kappa shape index (κ1) is 17.3. The average Bonchev–Trinajstić information content (AvgIpc) is 3.12. The Labute approximate surface area is 160 Å². The van der Waals surface area contributed by atoms with E-state index < -0.39 is 0 Å². The second kappa shape index (κ2) is 7.67. The molecule has 1 aliphatic rings. The smallest absolute Gasteiger partial charge is 0.258 e. The molecule has 136 valence electrons. The average molecular weight is 357 g/mol. The molecule has 0 saturated carbocycles. The molecule has 4 rings (SSSR count). The van der Waals surface area contributed by atoms with Crippen LogP contribution in [0.1, 0.15) is 34.8 Å². The highest BCUT2D eigenvalue weighted by atomic mass is 16.5. The van der Waals surface area contributed by atoms with Crippen molar-refractivity contribution in [3.05, 3.63) is 95.6 Å². The summed E-state index contributed by atoms with van der Waals surface area (Å²) in [6.45, 7) is 2.62. The monoisotopic (exact) mass is 357 g/mol. The largest absolute Gasteiger partial charge is 0.487 e. The molecule has 3 aromatic rings. The van der Waals surface area contributed by atoms with Crippen LogP contribution in [0, 0.1) is 0 Å². The highest BCUT2D eigenvalue weighted by Gasteiger charge is 2.35. The summed E-state index contributed by atoms with van der Waals surface area (Å²) in [5.74, 6) is 0.813. The van der Waals surface area contributed by atoms with E-state index in [1.165, 1.54) is 5.56 Å². The molecular weight excluding hydrogens is 334 g/mol. The van der Waals surface area contributed by atoms with Gasteiger partial charge in [-0.2, -0.15) is 0 Å². The first-order valence-electron chi connectivity index (χ1n) is 9.45. The van der Waals surface area contributed by atoms with E-state index in [1.54, 1.807) is 0 Å². The summed E-state index contributed by atoms with van der Waals surface area (Å²) in [6, 6.07) is 25.8. The van der Waals surface area contributed by atoms with Gasteiger partial charge in [-0.3, -0.25) is 4.79 Å². The third-order valence-electron chi connectivity index (χ3n) is 5.09. The zero-order chi connectivity index (χ0) is 18.6. The SMILES string of the molecule is CCC1Cc2cccc(OCc3ccccc3)c2N1C(=O)c1ccccc1. The third-order valence-corrected chi connectivity index (χ3v) is 5.09. The molecule has 3 nitrogen and oxygen atoms in total. The number of amides is 1. The number of carbonyl (C=O) groups is 1. The van der Waals surface area contributed by atoms with Crippen molar-refractivity contribution in [3.63, 3.8) is 0 Å². The van der Waals surface area contributed by atoms with E-state index in [0.29, 0.717) is 12.2 Å². The van der Waals surface area contributed by atoms with Gasteiger partial charge in [-0.1, -0.05) is 67.6 Å². The van der Waals surface area contributed by atoms with Crippen molar-refractivity contribution in [2.24, 2.45) is 0 Å². The number of benzene rings is 3. The lowest BCUT2D eigenvalue weighted by atomic mass is 10.1. The number of rotatable bonds is 5. The van der Waals surface area contributed by atoms with E-state index >= 15 is 0 Å². The molecular formula is C24H23NO2. The molecule has 1 heterocycles. The lowest BCUT2D eigenvalue weighted by Gasteiger charge is -2.26. The van der Waals surface area contributed by atoms with Gasteiger partial charge in [0.15, 0.2) is 0 Å². The van der Waals surface area contributed by atoms with Gasteiger partial charge < -0.3 is 9.64 Å². The minimum absolute atomic E-state index is 0.0389. The van der Waals surface area contributed by atoms with Crippen LogP contribution in [-0.2, 0) is 13.0 Å². The highest BCUT2D eigenvalue weighted by molar-refractivity contribution is 6.08. The minimum Gasteiger partial charge on any atom is -0.487 e. The van der Waals surface area contributed by atoms with Crippen molar-refractivity contribution < 1.29 is 9.53 Å². The molecule has 1 amide bonds. The number of fused-ring (bicyclic) bond motifs is 1. The Balaban J connectivity index is 1.67. The fraction of sp³-hybridized carbons (Fsp3) is 0.208. The predicted molar refractivity (Wildman–Crippen MR) is 108 cm³/mol. The third kappa shape index (κ3) is 3.45.